The molecular weight excluding hydrogens is 281 g/mol. The highest BCUT2D eigenvalue weighted by Crippen LogP contribution is 2.37. The standard InChI is InChI=1S/C15H15F3N2O/c1-19-13-9-5-2-3-7-11(9)20-14-10(13)6-4-8-12(14)21-15(16,17)18/h4,6,8H,2-3,5,7H2,1H3,(H,19,20). The van der Waals surface area contributed by atoms with Crippen LogP contribution in [-0.2, 0) is 12.8 Å². The number of benzene rings is 1. The predicted octanol–water partition coefficient (Wildman–Crippen LogP) is 4.05. The SMILES string of the molecule is CNc1c2c(nc3c(OC(F)(F)F)cccc13)CCCC2. The van der Waals surface area contributed by atoms with Gasteiger partial charge in [-0.3, -0.25) is 0 Å². The molecule has 0 atom stereocenters. The van der Waals surface area contributed by atoms with Gasteiger partial charge in [-0.15, -0.1) is 13.2 Å². The molecule has 0 radical (unpaired) electrons. The van der Waals surface area contributed by atoms with Gasteiger partial charge in [0.05, 0.1) is 0 Å². The summed E-state index contributed by atoms with van der Waals surface area (Å²) in [6.45, 7) is 0. The Balaban J connectivity index is 2.24. The molecule has 1 aromatic carbocycles. The highest BCUT2D eigenvalue weighted by molar-refractivity contribution is 5.96. The third kappa shape index (κ3) is 2.62. The summed E-state index contributed by atoms with van der Waals surface area (Å²) in [6.07, 6.45) is -0.935. The van der Waals surface area contributed by atoms with Crippen LogP contribution < -0.4 is 10.1 Å². The molecule has 3 nitrogen and oxygen atoms in total. The van der Waals surface area contributed by atoms with Crippen molar-refractivity contribution >= 4 is 16.6 Å². The Morgan fingerprint density at radius 1 is 1.19 bits per heavy atom. The quantitative estimate of drug-likeness (QED) is 0.907. The lowest BCUT2D eigenvalue weighted by Gasteiger charge is -2.21. The second-order valence-corrected chi connectivity index (χ2v) is 5.07. The van der Waals surface area contributed by atoms with Gasteiger partial charge in [-0.05, 0) is 37.3 Å². The number of aromatic nitrogens is 1. The lowest BCUT2D eigenvalue weighted by molar-refractivity contribution is -0.274. The normalized spacial score (nSPS) is 14.9. The zero-order chi connectivity index (χ0) is 15.0. The van der Waals surface area contributed by atoms with Gasteiger partial charge in [-0.2, -0.15) is 0 Å². The molecule has 21 heavy (non-hydrogen) atoms. The third-order valence-corrected chi connectivity index (χ3v) is 3.73. The molecule has 0 fully saturated rings. The largest absolute Gasteiger partial charge is 0.573 e. The van der Waals surface area contributed by atoms with E-state index in [-0.39, 0.29) is 11.3 Å². The summed E-state index contributed by atoms with van der Waals surface area (Å²) < 4.78 is 41.7. The average Bonchev–Trinajstić information content (AvgIpc) is 2.44. The second-order valence-electron chi connectivity index (χ2n) is 5.07. The number of hydrogen-bond donors (Lipinski definition) is 1. The van der Waals surface area contributed by atoms with Gasteiger partial charge < -0.3 is 10.1 Å². The van der Waals surface area contributed by atoms with E-state index >= 15 is 0 Å². The molecule has 3 rings (SSSR count). The van der Waals surface area contributed by atoms with Gasteiger partial charge in [0.1, 0.15) is 5.52 Å². The summed E-state index contributed by atoms with van der Waals surface area (Å²) in [5.74, 6) is -0.245. The summed E-state index contributed by atoms with van der Waals surface area (Å²) in [5.41, 5.74) is 3.11. The van der Waals surface area contributed by atoms with Crippen LogP contribution in [0.15, 0.2) is 18.2 Å². The Kier molecular flexibility index (Phi) is 3.39. The number of nitrogens with one attached hydrogen (secondary N) is 1. The van der Waals surface area contributed by atoms with Crippen molar-refractivity contribution in [3.05, 3.63) is 29.5 Å². The number of alkyl halides is 3. The molecular formula is C15H15F3N2O. The number of hydrogen-bond acceptors (Lipinski definition) is 3. The number of aryl methyl sites for hydroxylation is 1. The van der Waals surface area contributed by atoms with E-state index in [9.17, 15) is 13.2 Å². The van der Waals surface area contributed by atoms with Crippen LogP contribution in [-0.4, -0.2) is 18.4 Å². The topological polar surface area (TPSA) is 34.2 Å². The monoisotopic (exact) mass is 296 g/mol. The number of nitrogens with zero attached hydrogens (tertiary/aromatic N) is 1. The number of ether oxygens (including phenoxy) is 1. The van der Waals surface area contributed by atoms with Gasteiger partial charge in [0.2, 0.25) is 0 Å². The summed E-state index contributed by atoms with van der Waals surface area (Å²) in [4.78, 5) is 4.44. The van der Waals surface area contributed by atoms with Gasteiger partial charge in [-0.1, -0.05) is 12.1 Å². The lowest BCUT2D eigenvalue weighted by atomic mass is 9.92. The number of anilines is 1. The molecule has 6 heteroatoms. The van der Waals surface area contributed by atoms with Gasteiger partial charge in [0, 0.05) is 23.8 Å². The molecule has 112 valence electrons. The van der Waals surface area contributed by atoms with Gasteiger partial charge in [0.15, 0.2) is 5.75 Å². The van der Waals surface area contributed by atoms with E-state index in [0.717, 1.165) is 42.6 Å². The van der Waals surface area contributed by atoms with Crippen LogP contribution in [0.3, 0.4) is 0 Å². The van der Waals surface area contributed by atoms with Crippen molar-refractivity contribution in [1.82, 2.24) is 4.98 Å². The minimum atomic E-state index is -4.72. The van der Waals surface area contributed by atoms with Crippen molar-refractivity contribution in [2.45, 2.75) is 32.0 Å². The predicted molar refractivity (Wildman–Crippen MR) is 74.6 cm³/mol. The molecule has 1 N–H and O–H groups in total. The summed E-state index contributed by atoms with van der Waals surface area (Å²) in [6, 6.07) is 4.63. The Morgan fingerprint density at radius 3 is 2.67 bits per heavy atom. The lowest BCUT2D eigenvalue weighted by Crippen LogP contribution is -2.18. The maximum Gasteiger partial charge on any atom is 0.573 e. The van der Waals surface area contributed by atoms with E-state index in [1.165, 1.54) is 6.07 Å². The highest BCUT2D eigenvalue weighted by Gasteiger charge is 2.32. The van der Waals surface area contributed by atoms with Crippen LogP contribution in [0.5, 0.6) is 5.75 Å². The molecule has 0 unspecified atom stereocenters. The molecule has 0 saturated heterocycles. The van der Waals surface area contributed by atoms with Crippen molar-refractivity contribution in [2.75, 3.05) is 12.4 Å². The van der Waals surface area contributed by atoms with Crippen molar-refractivity contribution in [2.24, 2.45) is 0 Å². The van der Waals surface area contributed by atoms with E-state index in [1.807, 2.05) is 0 Å². The fourth-order valence-electron chi connectivity index (χ4n) is 2.91. The Labute approximate surface area is 120 Å². The first-order valence-electron chi connectivity index (χ1n) is 6.87. The minimum Gasteiger partial charge on any atom is -0.403 e. The van der Waals surface area contributed by atoms with E-state index in [0.29, 0.717) is 5.39 Å². The van der Waals surface area contributed by atoms with Gasteiger partial charge in [0.25, 0.3) is 0 Å². The zero-order valence-electron chi connectivity index (χ0n) is 11.5. The van der Waals surface area contributed by atoms with E-state index < -0.39 is 6.36 Å². The summed E-state index contributed by atoms with van der Waals surface area (Å²) in [7, 11) is 1.78. The van der Waals surface area contributed by atoms with Gasteiger partial charge in [-0.25, -0.2) is 4.98 Å². The first kappa shape index (κ1) is 14.0. The first-order chi connectivity index (χ1) is 9.99. The summed E-state index contributed by atoms with van der Waals surface area (Å²) in [5, 5.41) is 3.78. The van der Waals surface area contributed by atoms with Crippen molar-refractivity contribution in [3.8, 4) is 5.75 Å². The van der Waals surface area contributed by atoms with Gasteiger partial charge >= 0.3 is 6.36 Å². The van der Waals surface area contributed by atoms with Crippen LogP contribution in [0.1, 0.15) is 24.1 Å². The third-order valence-electron chi connectivity index (χ3n) is 3.73. The summed E-state index contributed by atoms with van der Waals surface area (Å²) >= 11 is 0. The Morgan fingerprint density at radius 2 is 1.95 bits per heavy atom. The number of pyridine rings is 1. The molecule has 1 aliphatic rings. The molecule has 1 aromatic heterocycles. The van der Waals surface area contributed by atoms with E-state index in [1.54, 1.807) is 19.2 Å². The smallest absolute Gasteiger partial charge is 0.403 e. The van der Waals surface area contributed by atoms with Crippen LogP contribution in [0, 0.1) is 0 Å². The molecule has 2 aromatic rings. The molecule has 0 amide bonds. The maximum atomic E-state index is 12.5. The molecule has 0 aliphatic heterocycles. The van der Waals surface area contributed by atoms with Crippen LogP contribution in [0.2, 0.25) is 0 Å². The van der Waals surface area contributed by atoms with Crippen molar-refractivity contribution < 1.29 is 17.9 Å². The van der Waals surface area contributed by atoms with Crippen molar-refractivity contribution in [3.63, 3.8) is 0 Å². The van der Waals surface area contributed by atoms with Crippen LogP contribution >= 0.6 is 0 Å². The Hall–Kier alpha value is -1.98. The number of halogens is 3. The van der Waals surface area contributed by atoms with Crippen LogP contribution in [0.25, 0.3) is 10.9 Å². The van der Waals surface area contributed by atoms with Crippen LogP contribution in [0.4, 0.5) is 18.9 Å². The first-order valence-corrected chi connectivity index (χ1v) is 6.87. The number of rotatable bonds is 2. The average molecular weight is 296 g/mol. The minimum absolute atomic E-state index is 0.245. The zero-order valence-corrected chi connectivity index (χ0v) is 11.5. The Bertz CT molecular complexity index is 683. The molecule has 1 heterocycles. The highest BCUT2D eigenvalue weighted by atomic mass is 19.4. The number of fused-ring (bicyclic) bond motifs is 2. The molecule has 0 saturated carbocycles. The number of para-hydroxylation sites is 1. The van der Waals surface area contributed by atoms with E-state index in [2.05, 4.69) is 15.0 Å². The van der Waals surface area contributed by atoms with Crippen molar-refractivity contribution in [1.29, 1.82) is 0 Å². The van der Waals surface area contributed by atoms with E-state index in [4.69, 9.17) is 0 Å². The molecule has 1 aliphatic carbocycles. The fourth-order valence-corrected chi connectivity index (χ4v) is 2.91. The molecule has 0 spiro atoms. The maximum absolute atomic E-state index is 12.5. The second kappa shape index (κ2) is 5.09. The molecule has 0 bridgehead atoms. The fraction of sp³-hybridized carbons (Fsp3) is 0.400.